The first-order chi connectivity index (χ1) is 6.94. The van der Waals surface area contributed by atoms with Gasteiger partial charge in [-0.2, -0.15) is 0 Å². The number of nitrogens with two attached hydrogens (primary N) is 1. The van der Waals surface area contributed by atoms with E-state index in [2.05, 4.69) is 10.0 Å². The van der Waals surface area contributed by atoms with E-state index in [1.807, 2.05) is 6.92 Å². The van der Waals surface area contributed by atoms with Gasteiger partial charge in [-0.15, -0.1) is 0 Å². The van der Waals surface area contributed by atoms with Crippen molar-refractivity contribution in [3.63, 3.8) is 0 Å². The lowest BCUT2D eigenvalue weighted by Gasteiger charge is -2.11. The topological polar surface area (TPSA) is 101 Å². The van der Waals surface area contributed by atoms with Crippen LogP contribution in [0.2, 0.25) is 0 Å². The summed E-state index contributed by atoms with van der Waals surface area (Å²) in [6.07, 6.45) is 0.817. The maximum Gasteiger partial charge on any atom is 0.235 e. The number of hydrogen-bond donors (Lipinski definition) is 3. The average Bonchev–Trinajstić information content (AvgIpc) is 2.22. The Labute approximate surface area is 90.7 Å². The SMILES string of the molecule is CCCNC(=O)CNS(=O)(=O)C(C)CN. The maximum absolute atomic E-state index is 11.4. The molecule has 0 saturated heterocycles. The van der Waals surface area contributed by atoms with Gasteiger partial charge in [0.1, 0.15) is 0 Å². The third-order valence-corrected chi connectivity index (χ3v) is 3.67. The predicted octanol–water partition coefficient (Wildman–Crippen LogP) is -1.22. The van der Waals surface area contributed by atoms with Crippen molar-refractivity contribution in [1.82, 2.24) is 10.0 Å². The zero-order valence-electron chi connectivity index (χ0n) is 9.12. The van der Waals surface area contributed by atoms with Crippen LogP contribution in [0.5, 0.6) is 0 Å². The number of sulfonamides is 1. The van der Waals surface area contributed by atoms with Crippen molar-refractivity contribution in [2.24, 2.45) is 5.73 Å². The van der Waals surface area contributed by atoms with Gasteiger partial charge >= 0.3 is 0 Å². The number of rotatable bonds is 7. The van der Waals surface area contributed by atoms with E-state index in [0.29, 0.717) is 6.54 Å². The standard InChI is InChI=1S/C8H19N3O3S/c1-3-4-10-8(12)6-11-15(13,14)7(2)5-9/h7,11H,3-6,9H2,1-2H3,(H,10,12). The minimum absolute atomic E-state index is 0.0336. The van der Waals surface area contributed by atoms with Gasteiger partial charge in [0.15, 0.2) is 0 Å². The van der Waals surface area contributed by atoms with Crippen LogP contribution in [0.25, 0.3) is 0 Å². The predicted molar refractivity (Wildman–Crippen MR) is 58.7 cm³/mol. The fraction of sp³-hybridized carbons (Fsp3) is 0.875. The van der Waals surface area contributed by atoms with Crippen molar-refractivity contribution >= 4 is 15.9 Å². The molecule has 7 heteroatoms. The number of nitrogens with one attached hydrogen (secondary N) is 2. The van der Waals surface area contributed by atoms with Crippen LogP contribution in [0, 0.1) is 0 Å². The molecule has 0 aromatic heterocycles. The average molecular weight is 237 g/mol. The quantitative estimate of drug-likeness (QED) is 0.516. The number of hydrogen-bond acceptors (Lipinski definition) is 4. The Morgan fingerprint density at radius 3 is 2.53 bits per heavy atom. The van der Waals surface area contributed by atoms with Gasteiger partial charge < -0.3 is 11.1 Å². The summed E-state index contributed by atoms with van der Waals surface area (Å²) in [6, 6.07) is 0. The third-order valence-electron chi connectivity index (χ3n) is 1.87. The molecule has 0 aliphatic rings. The summed E-state index contributed by atoms with van der Waals surface area (Å²) in [7, 11) is -3.47. The second-order valence-electron chi connectivity index (χ2n) is 3.26. The lowest BCUT2D eigenvalue weighted by Crippen LogP contribution is -2.42. The fourth-order valence-corrected chi connectivity index (χ4v) is 1.63. The first-order valence-corrected chi connectivity index (χ1v) is 6.44. The Morgan fingerprint density at radius 1 is 1.47 bits per heavy atom. The monoisotopic (exact) mass is 237 g/mol. The third kappa shape index (κ3) is 5.71. The minimum atomic E-state index is -3.47. The van der Waals surface area contributed by atoms with Gasteiger partial charge in [-0.25, -0.2) is 13.1 Å². The molecule has 0 spiro atoms. The molecule has 1 atom stereocenters. The first kappa shape index (κ1) is 14.3. The van der Waals surface area contributed by atoms with Crippen molar-refractivity contribution in [2.45, 2.75) is 25.5 Å². The van der Waals surface area contributed by atoms with E-state index in [0.717, 1.165) is 6.42 Å². The highest BCUT2D eigenvalue weighted by molar-refractivity contribution is 7.90. The van der Waals surface area contributed by atoms with E-state index in [1.54, 1.807) is 0 Å². The van der Waals surface area contributed by atoms with Crippen LogP contribution in [0.15, 0.2) is 0 Å². The second-order valence-corrected chi connectivity index (χ2v) is 5.45. The Balaban J connectivity index is 3.99. The molecule has 0 aliphatic heterocycles. The molecular weight excluding hydrogens is 218 g/mol. The normalized spacial score (nSPS) is 13.5. The van der Waals surface area contributed by atoms with E-state index >= 15 is 0 Å². The van der Waals surface area contributed by atoms with Gasteiger partial charge in [0.2, 0.25) is 15.9 Å². The van der Waals surface area contributed by atoms with E-state index < -0.39 is 15.3 Å². The molecule has 15 heavy (non-hydrogen) atoms. The Hall–Kier alpha value is -0.660. The highest BCUT2D eigenvalue weighted by Gasteiger charge is 2.19. The van der Waals surface area contributed by atoms with E-state index in [9.17, 15) is 13.2 Å². The molecule has 0 aromatic rings. The molecule has 4 N–H and O–H groups in total. The highest BCUT2D eigenvalue weighted by atomic mass is 32.2. The van der Waals surface area contributed by atoms with E-state index in [4.69, 9.17) is 5.73 Å². The smallest absolute Gasteiger partial charge is 0.235 e. The molecular formula is C8H19N3O3S. The Bertz CT molecular complexity index is 290. The summed E-state index contributed by atoms with van der Waals surface area (Å²) in [6.45, 7) is 3.76. The summed E-state index contributed by atoms with van der Waals surface area (Å²) in [5.74, 6) is -0.329. The molecule has 0 bridgehead atoms. The fourth-order valence-electron chi connectivity index (χ4n) is 0.762. The van der Waals surface area contributed by atoms with Crippen molar-refractivity contribution in [2.75, 3.05) is 19.6 Å². The van der Waals surface area contributed by atoms with Crippen LogP contribution in [0.4, 0.5) is 0 Å². The van der Waals surface area contributed by atoms with Gasteiger partial charge in [0.05, 0.1) is 11.8 Å². The molecule has 0 aromatic carbocycles. The van der Waals surface area contributed by atoms with Gasteiger partial charge in [-0.05, 0) is 13.3 Å². The summed E-state index contributed by atoms with van der Waals surface area (Å²) >= 11 is 0. The molecule has 6 nitrogen and oxygen atoms in total. The number of carbonyl (C=O) groups is 1. The highest BCUT2D eigenvalue weighted by Crippen LogP contribution is 1.94. The molecule has 0 aliphatic carbocycles. The number of carbonyl (C=O) groups excluding carboxylic acids is 1. The Morgan fingerprint density at radius 2 is 2.07 bits per heavy atom. The largest absolute Gasteiger partial charge is 0.355 e. The van der Waals surface area contributed by atoms with Crippen LogP contribution < -0.4 is 15.8 Å². The summed E-state index contributed by atoms with van der Waals surface area (Å²) < 4.78 is 24.9. The van der Waals surface area contributed by atoms with Crippen molar-refractivity contribution in [3.8, 4) is 0 Å². The lowest BCUT2D eigenvalue weighted by atomic mass is 10.5. The van der Waals surface area contributed by atoms with E-state index in [1.165, 1.54) is 6.92 Å². The van der Waals surface area contributed by atoms with Crippen molar-refractivity contribution in [3.05, 3.63) is 0 Å². The lowest BCUT2D eigenvalue weighted by molar-refractivity contribution is -0.119. The van der Waals surface area contributed by atoms with Gasteiger partial charge in [0.25, 0.3) is 0 Å². The second kappa shape index (κ2) is 6.76. The maximum atomic E-state index is 11.4. The molecule has 1 amide bonds. The van der Waals surface area contributed by atoms with Gasteiger partial charge in [-0.1, -0.05) is 6.92 Å². The van der Waals surface area contributed by atoms with E-state index in [-0.39, 0.29) is 19.0 Å². The van der Waals surface area contributed by atoms with Crippen LogP contribution in [-0.4, -0.2) is 39.2 Å². The van der Waals surface area contributed by atoms with Crippen LogP contribution in [-0.2, 0) is 14.8 Å². The summed E-state index contributed by atoms with van der Waals surface area (Å²) in [5, 5.41) is 1.88. The summed E-state index contributed by atoms with van der Waals surface area (Å²) in [5.41, 5.74) is 5.23. The van der Waals surface area contributed by atoms with Crippen LogP contribution in [0.1, 0.15) is 20.3 Å². The molecule has 0 fully saturated rings. The Kier molecular flexibility index (Phi) is 6.46. The minimum Gasteiger partial charge on any atom is -0.355 e. The van der Waals surface area contributed by atoms with Crippen LogP contribution >= 0.6 is 0 Å². The van der Waals surface area contributed by atoms with Gasteiger partial charge in [0, 0.05) is 13.1 Å². The molecule has 1 unspecified atom stereocenters. The van der Waals surface area contributed by atoms with Crippen molar-refractivity contribution < 1.29 is 13.2 Å². The van der Waals surface area contributed by atoms with Crippen molar-refractivity contribution in [1.29, 1.82) is 0 Å². The number of amides is 1. The zero-order valence-corrected chi connectivity index (χ0v) is 9.93. The molecule has 0 rings (SSSR count). The zero-order chi connectivity index (χ0) is 11.9. The molecule has 0 heterocycles. The van der Waals surface area contributed by atoms with Gasteiger partial charge in [-0.3, -0.25) is 4.79 Å². The van der Waals surface area contributed by atoms with Crippen LogP contribution in [0.3, 0.4) is 0 Å². The molecule has 0 saturated carbocycles. The summed E-state index contributed by atoms with van der Waals surface area (Å²) in [4.78, 5) is 11.1. The molecule has 0 radical (unpaired) electrons. The molecule has 90 valence electrons. The first-order valence-electron chi connectivity index (χ1n) is 4.89.